The van der Waals surface area contributed by atoms with E-state index in [1.165, 1.54) is 18.3 Å². The number of anilines is 2. The van der Waals surface area contributed by atoms with Crippen LogP contribution in [-0.4, -0.2) is 23.6 Å². The van der Waals surface area contributed by atoms with Crippen LogP contribution in [0.4, 0.5) is 10.8 Å². The largest absolute Gasteiger partial charge is 0.454 e. The van der Waals surface area contributed by atoms with E-state index in [-0.39, 0.29) is 18.6 Å². The maximum Gasteiger partial charge on any atom is 0.231 e. The highest BCUT2D eigenvalue weighted by atomic mass is 32.1. The quantitative estimate of drug-likeness (QED) is 0.703. The first-order valence-electron chi connectivity index (χ1n) is 8.43. The predicted octanol–water partition coefficient (Wildman–Crippen LogP) is 3.55. The number of benzene rings is 2. The molecule has 0 bridgehead atoms. The molecule has 1 aromatic heterocycles. The summed E-state index contributed by atoms with van der Waals surface area (Å²) in [5.41, 5.74) is 2.50. The summed E-state index contributed by atoms with van der Waals surface area (Å²) in [5, 5.41) is 6.12. The number of aryl methyl sites for hydroxylation is 1. The maximum atomic E-state index is 12.3. The van der Waals surface area contributed by atoms with Gasteiger partial charge in [-0.1, -0.05) is 17.4 Å². The van der Waals surface area contributed by atoms with Gasteiger partial charge in [0.2, 0.25) is 18.6 Å². The van der Waals surface area contributed by atoms with Crippen LogP contribution in [0.15, 0.2) is 36.4 Å². The molecular formula is C19H17N3O4S. The lowest BCUT2D eigenvalue weighted by Gasteiger charge is -2.03. The van der Waals surface area contributed by atoms with E-state index in [9.17, 15) is 9.59 Å². The van der Waals surface area contributed by atoms with Gasteiger partial charge < -0.3 is 20.1 Å². The molecule has 27 heavy (non-hydrogen) atoms. The van der Waals surface area contributed by atoms with Gasteiger partial charge in [-0.25, -0.2) is 4.98 Å². The average Bonchev–Trinajstić information content (AvgIpc) is 3.24. The first kappa shape index (κ1) is 17.3. The van der Waals surface area contributed by atoms with Crippen LogP contribution in [0.3, 0.4) is 0 Å². The zero-order valence-electron chi connectivity index (χ0n) is 14.6. The van der Waals surface area contributed by atoms with E-state index in [1.54, 1.807) is 6.07 Å². The van der Waals surface area contributed by atoms with E-state index in [4.69, 9.17) is 9.47 Å². The summed E-state index contributed by atoms with van der Waals surface area (Å²) in [6.45, 7) is 1.70. The number of fused-ring (bicyclic) bond motifs is 2. The number of hydrogen-bond acceptors (Lipinski definition) is 6. The number of nitrogens with zero attached hydrogens (tertiary/aromatic N) is 1. The molecule has 3 aromatic rings. The highest BCUT2D eigenvalue weighted by molar-refractivity contribution is 7.22. The Kier molecular flexibility index (Phi) is 4.64. The van der Waals surface area contributed by atoms with Gasteiger partial charge in [0.15, 0.2) is 16.6 Å². The molecule has 1 aliphatic rings. The Morgan fingerprint density at radius 1 is 1.11 bits per heavy atom. The molecule has 0 atom stereocenters. The number of thiazole rings is 1. The predicted molar refractivity (Wildman–Crippen MR) is 103 cm³/mol. The van der Waals surface area contributed by atoms with E-state index in [1.807, 2.05) is 30.3 Å². The van der Waals surface area contributed by atoms with Crippen LogP contribution >= 0.6 is 11.3 Å². The molecule has 0 saturated carbocycles. The molecule has 7 nitrogen and oxygen atoms in total. The lowest BCUT2D eigenvalue weighted by Crippen LogP contribution is -2.12. The number of nitrogens with one attached hydrogen (secondary N) is 2. The molecule has 138 valence electrons. The third-order valence-electron chi connectivity index (χ3n) is 4.03. The molecule has 2 aromatic carbocycles. The lowest BCUT2D eigenvalue weighted by atomic mass is 10.1. The normalized spacial score (nSPS) is 12.2. The fraction of sp³-hybridized carbons (Fsp3) is 0.211. The first-order valence-corrected chi connectivity index (χ1v) is 9.25. The summed E-state index contributed by atoms with van der Waals surface area (Å²) in [6, 6.07) is 11.1. The highest BCUT2D eigenvalue weighted by Crippen LogP contribution is 2.33. The summed E-state index contributed by atoms with van der Waals surface area (Å²) in [5.74, 6) is 1.22. The zero-order chi connectivity index (χ0) is 18.8. The lowest BCUT2D eigenvalue weighted by molar-refractivity contribution is -0.116. The molecule has 8 heteroatoms. The van der Waals surface area contributed by atoms with Crippen molar-refractivity contribution in [1.29, 1.82) is 0 Å². The van der Waals surface area contributed by atoms with E-state index in [0.29, 0.717) is 29.4 Å². The Morgan fingerprint density at radius 3 is 2.81 bits per heavy atom. The molecule has 0 spiro atoms. The van der Waals surface area contributed by atoms with Crippen LogP contribution in [0.5, 0.6) is 11.5 Å². The van der Waals surface area contributed by atoms with E-state index in [2.05, 4.69) is 15.6 Å². The highest BCUT2D eigenvalue weighted by Gasteiger charge is 2.14. The van der Waals surface area contributed by atoms with Crippen LogP contribution in [0.1, 0.15) is 18.9 Å². The minimum absolute atomic E-state index is 0.103. The summed E-state index contributed by atoms with van der Waals surface area (Å²) in [6.07, 6.45) is 0.937. The molecule has 0 unspecified atom stereocenters. The number of carbonyl (C=O) groups excluding carboxylic acids is 2. The smallest absolute Gasteiger partial charge is 0.231 e. The second-order valence-electron chi connectivity index (χ2n) is 6.12. The molecule has 1 aliphatic heterocycles. The van der Waals surface area contributed by atoms with Gasteiger partial charge >= 0.3 is 0 Å². The van der Waals surface area contributed by atoms with Gasteiger partial charge in [0.05, 0.1) is 10.2 Å². The van der Waals surface area contributed by atoms with Gasteiger partial charge in [0.25, 0.3) is 0 Å². The van der Waals surface area contributed by atoms with Crippen LogP contribution < -0.4 is 20.1 Å². The fourth-order valence-electron chi connectivity index (χ4n) is 2.80. The zero-order valence-corrected chi connectivity index (χ0v) is 15.4. The average molecular weight is 383 g/mol. The van der Waals surface area contributed by atoms with Crippen molar-refractivity contribution in [2.45, 2.75) is 19.8 Å². The van der Waals surface area contributed by atoms with E-state index in [0.717, 1.165) is 21.5 Å². The molecule has 2 N–H and O–H groups in total. The molecule has 4 rings (SSSR count). The molecule has 0 saturated heterocycles. The van der Waals surface area contributed by atoms with Gasteiger partial charge in [0, 0.05) is 19.0 Å². The van der Waals surface area contributed by atoms with Gasteiger partial charge in [-0.05, 0) is 42.3 Å². The Labute approximate surface area is 159 Å². The van der Waals surface area contributed by atoms with Crippen molar-refractivity contribution in [2.75, 3.05) is 17.4 Å². The number of carbonyl (C=O) groups is 2. The third-order valence-corrected chi connectivity index (χ3v) is 4.97. The van der Waals surface area contributed by atoms with Crippen molar-refractivity contribution < 1.29 is 19.1 Å². The van der Waals surface area contributed by atoms with Crippen LogP contribution in [0.2, 0.25) is 0 Å². The molecule has 2 heterocycles. The van der Waals surface area contributed by atoms with Gasteiger partial charge in [-0.15, -0.1) is 0 Å². The number of amides is 2. The second-order valence-corrected chi connectivity index (χ2v) is 7.15. The van der Waals surface area contributed by atoms with Crippen molar-refractivity contribution in [3.05, 3.63) is 42.0 Å². The monoisotopic (exact) mass is 383 g/mol. The van der Waals surface area contributed by atoms with Crippen LogP contribution in [-0.2, 0) is 16.0 Å². The van der Waals surface area contributed by atoms with E-state index >= 15 is 0 Å². The van der Waals surface area contributed by atoms with Crippen molar-refractivity contribution in [1.82, 2.24) is 4.98 Å². The molecule has 2 amide bonds. The SMILES string of the molecule is CC(=O)Nc1ccc2nc(NC(=O)CCc3ccc4c(c3)OCO4)sc2c1. The minimum Gasteiger partial charge on any atom is -0.454 e. The Balaban J connectivity index is 1.38. The fourth-order valence-corrected chi connectivity index (χ4v) is 3.72. The number of aromatic nitrogens is 1. The minimum atomic E-state index is -0.129. The molecular weight excluding hydrogens is 366 g/mol. The van der Waals surface area contributed by atoms with Crippen molar-refractivity contribution >= 4 is 44.2 Å². The Bertz CT molecular complexity index is 1030. The van der Waals surface area contributed by atoms with Crippen LogP contribution in [0.25, 0.3) is 10.2 Å². The summed E-state index contributed by atoms with van der Waals surface area (Å²) in [4.78, 5) is 27.8. The van der Waals surface area contributed by atoms with Gasteiger partial charge in [-0.3, -0.25) is 9.59 Å². The summed E-state index contributed by atoms with van der Waals surface area (Å²) in [7, 11) is 0. The molecule has 0 aliphatic carbocycles. The number of rotatable bonds is 5. The number of hydrogen-bond donors (Lipinski definition) is 2. The van der Waals surface area contributed by atoms with E-state index < -0.39 is 0 Å². The third kappa shape index (κ3) is 4.01. The summed E-state index contributed by atoms with van der Waals surface area (Å²) >= 11 is 1.37. The maximum absolute atomic E-state index is 12.3. The van der Waals surface area contributed by atoms with Gasteiger partial charge in [-0.2, -0.15) is 0 Å². The summed E-state index contributed by atoms with van der Waals surface area (Å²) < 4.78 is 11.5. The van der Waals surface area contributed by atoms with Crippen molar-refractivity contribution in [3.63, 3.8) is 0 Å². The van der Waals surface area contributed by atoms with Crippen molar-refractivity contribution in [3.8, 4) is 11.5 Å². The standard InChI is InChI=1S/C19H17N3O4S/c1-11(23)20-13-4-5-14-17(9-13)27-19(21-14)22-18(24)7-3-12-2-6-15-16(8-12)26-10-25-15/h2,4-6,8-9H,3,7,10H2,1H3,(H,20,23)(H,21,22,24). The van der Waals surface area contributed by atoms with Gasteiger partial charge in [0.1, 0.15) is 0 Å². The molecule has 0 radical (unpaired) electrons. The first-order chi connectivity index (χ1) is 13.1. The van der Waals surface area contributed by atoms with Crippen molar-refractivity contribution in [2.24, 2.45) is 0 Å². The Morgan fingerprint density at radius 2 is 1.96 bits per heavy atom. The topological polar surface area (TPSA) is 89.6 Å². The second kappa shape index (κ2) is 7.24. The number of ether oxygens (including phenoxy) is 2. The Hall–Kier alpha value is -3.13. The van der Waals surface area contributed by atoms with Crippen LogP contribution in [0, 0.1) is 0 Å². The molecule has 0 fully saturated rings.